The van der Waals surface area contributed by atoms with Crippen LogP contribution >= 0.6 is 0 Å². The molecule has 102 valence electrons. The Kier molecular flexibility index (Phi) is 4.03. The van der Waals surface area contributed by atoms with Gasteiger partial charge < -0.3 is 19.6 Å². The molecule has 0 atom stereocenters. The molecule has 2 rings (SSSR count). The Bertz CT molecular complexity index is 587. The first-order valence-corrected chi connectivity index (χ1v) is 5.74. The van der Waals surface area contributed by atoms with Crippen molar-refractivity contribution in [3.05, 3.63) is 23.9 Å². The summed E-state index contributed by atoms with van der Waals surface area (Å²) in [7, 11) is 4.81. The fraction of sp³-hybridized carbons (Fsp3) is 0.308. The SMILES string of the molecule is COCc1cc(NN)c2cc(OC)cc(OC)c2n1. The number of nitrogen functional groups attached to an aromatic ring is 1. The van der Waals surface area contributed by atoms with E-state index in [2.05, 4.69) is 10.4 Å². The Morgan fingerprint density at radius 2 is 1.95 bits per heavy atom. The summed E-state index contributed by atoms with van der Waals surface area (Å²) in [6, 6.07) is 5.48. The highest BCUT2D eigenvalue weighted by molar-refractivity contribution is 5.96. The molecule has 0 aliphatic carbocycles. The summed E-state index contributed by atoms with van der Waals surface area (Å²) in [6.07, 6.45) is 0. The number of benzene rings is 1. The fourth-order valence-corrected chi connectivity index (χ4v) is 1.94. The van der Waals surface area contributed by atoms with Crippen molar-refractivity contribution in [2.45, 2.75) is 6.61 Å². The standard InChI is InChI=1S/C13H17N3O3/c1-17-7-8-4-11(16-14)10-5-9(18-2)6-12(19-3)13(10)15-8/h4-6H,7,14H2,1-3H3,(H,15,16). The van der Waals surface area contributed by atoms with Crippen LogP contribution in [0.2, 0.25) is 0 Å². The molecule has 0 spiro atoms. The smallest absolute Gasteiger partial charge is 0.148 e. The van der Waals surface area contributed by atoms with Crippen LogP contribution in [0.5, 0.6) is 11.5 Å². The monoisotopic (exact) mass is 263 g/mol. The lowest BCUT2D eigenvalue weighted by atomic mass is 10.1. The van der Waals surface area contributed by atoms with E-state index in [1.54, 1.807) is 27.4 Å². The number of hydrogen-bond donors (Lipinski definition) is 2. The summed E-state index contributed by atoms with van der Waals surface area (Å²) in [5.74, 6) is 6.87. The first-order chi connectivity index (χ1) is 9.23. The Morgan fingerprint density at radius 1 is 1.16 bits per heavy atom. The molecule has 0 unspecified atom stereocenters. The van der Waals surface area contributed by atoms with E-state index in [0.717, 1.165) is 16.8 Å². The molecule has 6 nitrogen and oxygen atoms in total. The van der Waals surface area contributed by atoms with Crippen molar-refractivity contribution in [1.82, 2.24) is 4.98 Å². The number of nitrogens with one attached hydrogen (secondary N) is 1. The van der Waals surface area contributed by atoms with Crippen LogP contribution in [0.1, 0.15) is 5.69 Å². The number of hydrogen-bond acceptors (Lipinski definition) is 6. The molecule has 6 heteroatoms. The van der Waals surface area contributed by atoms with Crippen molar-refractivity contribution in [2.24, 2.45) is 5.84 Å². The van der Waals surface area contributed by atoms with Gasteiger partial charge in [-0.15, -0.1) is 0 Å². The number of ether oxygens (including phenoxy) is 3. The quantitative estimate of drug-likeness (QED) is 0.631. The van der Waals surface area contributed by atoms with Gasteiger partial charge in [-0.2, -0.15) is 0 Å². The molecule has 0 aliphatic rings. The topological polar surface area (TPSA) is 78.6 Å². The average Bonchev–Trinajstić information content (AvgIpc) is 2.45. The fourth-order valence-electron chi connectivity index (χ4n) is 1.94. The lowest BCUT2D eigenvalue weighted by molar-refractivity contribution is 0.182. The molecule has 0 bridgehead atoms. The number of anilines is 1. The van der Waals surface area contributed by atoms with Gasteiger partial charge in [0.25, 0.3) is 0 Å². The van der Waals surface area contributed by atoms with Crippen molar-refractivity contribution in [1.29, 1.82) is 0 Å². The summed E-state index contributed by atoms with van der Waals surface area (Å²) in [5, 5.41) is 0.832. The minimum absolute atomic E-state index is 0.403. The van der Waals surface area contributed by atoms with Crippen LogP contribution in [-0.4, -0.2) is 26.3 Å². The van der Waals surface area contributed by atoms with Crippen molar-refractivity contribution in [2.75, 3.05) is 26.8 Å². The van der Waals surface area contributed by atoms with Gasteiger partial charge in [0.2, 0.25) is 0 Å². The van der Waals surface area contributed by atoms with Gasteiger partial charge in [0, 0.05) is 18.6 Å². The van der Waals surface area contributed by atoms with Crippen molar-refractivity contribution < 1.29 is 14.2 Å². The zero-order chi connectivity index (χ0) is 13.8. The van der Waals surface area contributed by atoms with E-state index in [4.69, 9.17) is 20.1 Å². The summed E-state index contributed by atoms with van der Waals surface area (Å²) in [5.41, 5.74) is 4.89. The second-order valence-electron chi connectivity index (χ2n) is 3.96. The number of rotatable bonds is 5. The number of fused-ring (bicyclic) bond motifs is 1. The Hall–Kier alpha value is -2.05. The van der Waals surface area contributed by atoms with E-state index >= 15 is 0 Å². The average molecular weight is 263 g/mol. The maximum Gasteiger partial charge on any atom is 0.148 e. The van der Waals surface area contributed by atoms with Crippen molar-refractivity contribution in [3.8, 4) is 11.5 Å². The highest BCUT2D eigenvalue weighted by Crippen LogP contribution is 2.34. The van der Waals surface area contributed by atoms with E-state index in [1.165, 1.54) is 0 Å². The second kappa shape index (κ2) is 5.73. The number of pyridine rings is 1. The predicted octanol–water partition coefficient (Wildman–Crippen LogP) is 1.68. The zero-order valence-corrected chi connectivity index (χ0v) is 11.2. The van der Waals surface area contributed by atoms with Crippen LogP contribution in [0.25, 0.3) is 10.9 Å². The molecule has 19 heavy (non-hydrogen) atoms. The molecule has 1 heterocycles. The van der Waals surface area contributed by atoms with Crippen LogP contribution in [0.3, 0.4) is 0 Å². The molecule has 1 aromatic heterocycles. The Labute approximate surface area is 111 Å². The third-order valence-corrected chi connectivity index (χ3v) is 2.81. The van der Waals surface area contributed by atoms with Crippen LogP contribution in [0, 0.1) is 0 Å². The molecule has 0 saturated carbocycles. The molecule has 3 N–H and O–H groups in total. The number of nitrogens with zero attached hydrogens (tertiary/aromatic N) is 1. The van der Waals surface area contributed by atoms with Crippen LogP contribution in [-0.2, 0) is 11.3 Å². The third kappa shape index (κ3) is 2.54. The molecule has 2 aromatic rings. The highest BCUT2D eigenvalue weighted by Gasteiger charge is 2.12. The van der Waals surface area contributed by atoms with Crippen LogP contribution in [0.4, 0.5) is 5.69 Å². The van der Waals surface area contributed by atoms with E-state index < -0.39 is 0 Å². The van der Waals surface area contributed by atoms with Gasteiger partial charge in [-0.05, 0) is 12.1 Å². The summed E-state index contributed by atoms with van der Waals surface area (Å²) >= 11 is 0. The second-order valence-corrected chi connectivity index (χ2v) is 3.96. The predicted molar refractivity (Wildman–Crippen MR) is 73.4 cm³/mol. The number of nitrogens with two attached hydrogens (primary N) is 1. The first kappa shape index (κ1) is 13.4. The van der Waals surface area contributed by atoms with Gasteiger partial charge in [0.05, 0.1) is 32.2 Å². The Balaban J connectivity index is 2.73. The zero-order valence-electron chi connectivity index (χ0n) is 11.2. The number of methoxy groups -OCH3 is 3. The molecule has 0 saturated heterocycles. The largest absolute Gasteiger partial charge is 0.497 e. The lowest BCUT2D eigenvalue weighted by Crippen LogP contribution is -2.09. The minimum atomic E-state index is 0.403. The maximum absolute atomic E-state index is 5.56. The van der Waals surface area contributed by atoms with E-state index in [1.807, 2.05) is 12.1 Å². The molecular formula is C13H17N3O3. The molecule has 1 aromatic carbocycles. The lowest BCUT2D eigenvalue weighted by Gasteiger charge is -2.13. The highest BCUT2D eigenvalue weighted by atomic mass is 16.5. The molecule has 0 amide bonds. The van der Waals surface area contributed by atoms with Crippen molar-refractivity contribution in [3.63, 3.8) is 0 Å². The van der Waals surface area contributed by atoms with Gasteiger partial charge in [-0.3, -0.25) is 5.84 Å². The van der Waals surface area contributed by atoms with E-state index in [-0.39, 0.29) is 0 Å². The molecular weight excluding hydrogens is 246 g/mol. The normalized spacial score (nSPS) is 10.5. The van der Waals surface area contributed by atoms with Gasteiger partial charge in [0.15, 0.2) is 0 Å². The van der Waals surface area contributed by atoms with Gasteiger partial charge in [-0.1, -0.05) is 0 Å². The van der Waals surface area contributed by atoms with Crippen molar-refractivity contribution >= 4 is 16.6 Å². The molecule has 0 aliphatic heterocycles. The van der Waals surface area contributed by atoms with E-state index in [9.17, 15) is 0 Å². The summed E-state index contributed by atoms with van der Waals surface area (Å²) in [4.78, 5) is 4.52. The maximum atomic E-state index is 5.56. The number of hydrazine groups is 1. The summed E-state index contributed by atoms with van der Waals surface area (Å²) in [6.45, 7) is 0.403. The number of aromatic nitrogens is 1. The first-order valence-electron chi connectivity index (χ1n) is 5.74. The van der Waals surface area contributed by atoms with Crippen LogP contribution < -0.4 is 20.7 Å². The minimum Gasteiger partial charge on any atom is -0.497 e. The van der Waals surface area contributed by atoms with E-state index in [0.29, 0.717) is 23.6 Å². The summed E-state index contributed by atoms with van der Waals surface area (Å²) < 4.78 is 15.7. The van der Waals surface area contributed by atoms with Gasteiger partial charge >= 0.3 is 0 Å². The molecule has 0 radical (unpaired) electrons. The molecule has 0 fully saturated rings. The Morgan fingerprint density at radius 3 is 2.53 bits per heavy atom. The van der Waals surface area contributed by atoms with Gasteiger partial charge in [-0.25, -0.2) is 4.98 Å². The third-order valence-electron chi connectivity index (χ3n) is 2.81. The van der Waals surface area contributed by atoms with Crippen LogP contribution in [0.15, 0.2) is 18.2 Å². The van der Waals surface area contributed by atoms with Gasteiger partial charge in [0.1, 0.15) is 17.0 Å².